The molecule has 0 spiro atoms. The Morgan fingerprint density at radius 1 is 0.909 bits per heavy atom. The fraction of sp³-hybridized carbons (Fsp3) is 0.150. The molecule has 3 aromatic carbocycles. The largest absolute Gasteiger partial charge is 0.341 e. The van der Waals surface area contributed by atoms with E-state index >= 15 is 0 Å². The minimum Gasteiger partial charge on any atom is -0.341 e. The molecule has 0 aliphatic carbocycles. The molecule has 4 aromatic rings. The quantitative estimate of drug-likeness (QED) is 0.369. The minimum absolute atomic E-state index is 0.134. The topological polar surface area (TPSA) is 22.0 Å². The zero-order valence-electron chi connectivity index (χ0n) is 12.8. The van der Waals surface area contributed by atoms with Crippen LogP contribution in [-0.4, -0.2) is 4.57 Å². The van der Waals surface area contributed by atoms with Crippen LogP contribution >= 0.6 is 0 Å². The average molecular weight is 287 g/mol. The van der Waals surface area contributed by atoms with Crippen molar-refractivity contribution in [2.24, 2.45) is 0 Å². The van der Waals surface area contributed by atoms with E-state index in [1.807, 2.05) is 31.2 Å². The number of nitrogens with zero attached hydrogens (tertiary/aromatic N) is 1. The summed E-state index contributed by atoms with van der Waals surface area (Å²) >= 11 is 0. The maximum Gasteiger partial charge on any atom is 0.197 e. The fourth-order valence-electron chi connectivity index (χ4n) is 3.40. The van der Waals surface area contributed by atoms with E-state index in [1.54, 1.807) is 0 Å². The van der Waals surface area contributed by atoms with Gasteiger partial charge in [0, 0.05) is 11.9 Å². The smallest absolute Gasteiger partial charge is 0.197 e. The third-order valence-corrected chi connectivity index (χ3v) is 4.43. The van der Waals surface area contributed by atoms with E-state index in [-0.39, 0.29) is 5.43 Å². The summed E-state index contributed by atoms with van der Waals surface area (Å²) in [7, 11) is 0. The summed E-state index contributed by atoms with van der Waals surface area (Å²) in [5.74, 6) is 0. The first kappa shape index (κ1) is 13.1. The Morgan fingerprint density at radius 2 is 1.68 bits per heavy atom. The third kappa shape index (κ3) is 1.70. The van der Waals surface area contributed by atoms with Crippen molar-refractivity contribution >= 4 is 32.6 Å². The SMILES string of the molecule is CCn1c2ccc(C)cc2c(=O)c2c3ccccc3ccc21. The molecule has 1 aromatic heterocycles. The molecule has 0 N–H and O–H groups in total. The lowest BCUT2D eigenvalue weighted by atomic mass is 10.0. The fourth-order valence-corrected chi connectivity index (χ4v) is 3.40. The van der Waals surface area contributed by atoms with Gasteiger partial charge in [-0.3, -0.25) is 4.79 Å². The summed E-state index contributed by atoms with van der Waals surface area (Å²) in [4.78, 5) is 13.1. The van der Waals surface area contributed by atoms with Crippen LogP contribution in [0.2, 0.25) is 0 Å². The third-order valence-electron chi connectivity index (χ3n) is 4.43. The summed E-state index contributed by atoms with van der Waals surface area (Å²) in [6, 6.07) is 18.4. The highest BCUT2D eigenvalue weighted by molar-refractivity contribution is 6.09. The van der Waals surface area contributed by atoms with Gasteiger partial charge < -0.3 is 4.57 Å². The van der Waals surface area contributed by atoms with Crippen molar-refractivity contribution in [1.29, 1.82) is 0 Å². The molecule has 0 saturated heterocycles. The standard InChI is InChI=1S/C20H17NO/c1-3-21-17-10-8-13(2)12-16(17)20(22)19-15-7-5-4-6-14(15)9-11-18(19)21/h4-12H,3H2,1-2H3. The van der Waals surface area contributed by atoms with Crippen LogP contribution < -0.4 is 5.43 Å². The summed E-state index contributed by atoms with van der Waals surface area (Å²) in [5, 5.41) is 3.79. The molecule has 0 aliphatic rings. The normalized spacial score (nSPS) is 11.5. The van der Waals surface area contributed by atoms with E-state index in [9.17, 15) is 4.79 Å². The number of hydrogen-bond donors (Lipinski definition) is 0. The van der Waals surface area contributed by atoms with Crippen molar-refractivity contribution in [2.45, 2.75) is 20.4 Å². The zero-order chi connectivity index (χ0) is 15.3. The second-order valence-corrected chi connectivity index (χ2v) is 5.77. The van der Waals surface area contributed by atoms with Crippen LogP contribution in [0, 0.1) is 6.92 Å². The number of aryl methyl sites for hydroxylation is 2. The second-order valence-electron chi connectivity index (χ2n) is 5.77. The van der Waals surface area contributed by atoms with Crippen LogP contribution in [0.1, 0.15) is 12.5 Å². The molecule has 22 heavy (non-hydrogen) atoms. The molecule has 2 nitrogen and oxygen atoms in total. The summed E-state index contributed by atoms with van der Waals surface area (Å²) < 4.78 is 2.23. The van der Waals surface area contributed by atoms with E-state index in [4.69, 9.17) is 0 Å². The number of hydrogen-bond acceptors (Lipinski definition) is 1. The maximum atomic E-state index is 13.1. The number of aromatic nitrogens is 1. The maximum absolute atomic E-state index is 13.1. The van der Waals surface area contributed by atoms with Gasteiger partial charge in [0.05, 0.1) is 16.4 Å². The molecule has 0 radical (unpaired) electrons. The van der Waals surface area contributed by atoms with Gasteiger partial charge in [-0.15, -0.1) is 0 Å². The predicted molar refractivity (Wildman–Crippen MR) is 93.6 cm³/mol. The molecule has 0 aliphatic heterocycles. The highest BCUT2D eigenvalue weighted by Gasteiger charge is 2.12. The first-order chi connectivity index (χ1) is 10.7. The molecule has 2 heteroatoms. The lowest BCUT2D eigenvalue weighted by Crippen LogP contribution is -2.11. The number of benzene rings is 3. The first-order valence-electron chi connectivity index (χ1n) is 7.65. The molecule has 4 rings (SSSR count). The Morgan fingerprint density at radius 3 is 2.50 bits per heavy atom. The minimum atomic E-state index is 0.134. The molecule has 108 valence electrons. The first-order valence-corrected chi connectivity index (χ1v) is 7.65. The molecule has 0 unspecified atom stereocenters. The highest BCUT2D eigenvalue weighted by Crippen LogP contribution is 2.26. The van der Waals surface area contributed by atoms with Gasteiger partial charge in [-0.1, -0.05) is 42.0 Å². The van der Waals surface area contributed by atoms with E-state index in [0.717, 1.165) is 44.7 Å². The van der Waals surface area contributed by atoms with E-state index in [2.05, 4.69) is 41.8 Å². The van der Waals surface area contributed by atoms with Gasteiger partial charge in [-0.25, -0.2) is 0 Å². The Bertz CT molecular complexity index is 1090. The molecule has 0 amide bonds. The Kier molecular flexibility index (Phi) is 2.80. The molecular formula is C20H17NO. The van der Waals surface area contributed by atoms with Crippen molar-refractivity contribution in [2.75, 3.05) is 0 Å². The van der Waals surface area contributed by atoms with E-state index < -0.39 is 0 Å². The molecule has 0 bridgehead atoms. The summed E-state index contributed by atoms with van der Waals surface area (Å²) in [5.41, 5.74) is 3.28. The van der Waals surface area contributed by atoms with Gasteiger partial charge in [-0.2, -0.15) is 0 Å². The number of fused-ring (bicyclic) bond motifs is 4. The predicted octanol–water partition coefficient (Wildman–Crippen LogP) is 4.64. The Hall–Kier alpha value is -2.61. The Balaban J connectivity index is 2.38. The van der Waals surface area contributed by atoms with E-state index in [0.29, 0.717) is 0 Å². The summed E-state index contributed by atoms with van der Waals surface area (Å²) in [6.07, 6.45) is 0. The second kappa shape index (κ2) is 4.70. The number of rotatable bonds is 1. The van der Waals surface area contributed by atoms with Gasteiger partial charge in [0.1, 0.15) is 0 Å². The van der Waals surface area contributed by atoms with Crippen LogP contribution in [0.25, 0.3) is 32.6 Å². The van der Waals surface area contributed by atoms with Crippen LogP contribution in [0.4, 0.5) is 0 Å². The van der Waals surface area contributed by atoms with Crippen molar-refractivity contribution < 1.29 is 0 Å². The highest BCUT2D eigenvalue weighted by atomic mass is 16.1. The molecule has 0 saturated carbocycles. The molecule has 1 heterocycles. The van der Waals surface area contributed by atoms with Gasteiger partial charge in [0.25, 0.3) is 0 Å². The van der Waals surface area contributed by atoms with E-state index in [1.165, 1.54) is 0 Å². The van der Waals surface area contributed by atoms with Crippen molar-refractivity contribution in [3.8, 4) is 0 Å². The van der Waals surface area contributed by atoms with Gasteiger partial charge in [0.15, 0.2) is 5.43 Å². The van der Waals surface area contributed by atoms with Crippen LogP contribution in [0.15, 0.2) is 59.4 Å². The lowest BCUT2D eigenvalue weighted by molar-refractivity contribution is 0.821. The van der Waals surface area contributed by atoms with Crippen molar-refractivity contribution in [3.05, 3.63) is 70.4 Å². The number of pyridine rings is 1. The van der Waals surface area contributed by atoms with Crippen LogP contribution in [-0.2, 0) is 6.54 Å². The van der Waals surface area contributed by atoms with Gasteiger partial charge >= 0.3 is 0 Å². The summed E-state index contributed by atoms with van der Waals surface area (Å²) in [6.45, 7) is 5.00. The van der Waals surface area contributed by atoms with Crippen molar-refractivity contribution in [1.82, 2.24) is 4.57 Å². The average Bonchev–Trinajstić information content (AvgIpc) is 2.55. The lowest BCUT2D eigenvalue weighted by Gasteiger charge is -2.15. The van der Waals surface area contributed by atoms with Gasteiger partial charge in [-0.05, 0) is 42.8 Å². The van der Waals surface area contributed by atoms with Crippen LogP contribution in [0.3, 0.4) is 0 Å². The molecule has 0 atom stereocenters. The van der Waals surface area contributed by atoms with Gasteiger partial charge in [0.2, 0.25) is 0 Å². The monoisotopic (exact) mass is 287 g/mol. The molecular weight excluding hydrogens is 270 g/mol. The Labute approximate surface area is 128 Å². The van der Waals surface area contributed by atoms with Crippen LogP contribution in [0.5, 0.6) is 0 Å². The molecule has 0 fully saturated rings. The zero-order valence-corrected chi connectivity index (χ0v) is 12.8. The van der Waals surface area contributed by atoms with Crippen molar-refractivity contribution in [3.63, 3.8) is 0 Å².